The number of rotatable bonds is 2. The molecule has 0 spiro atoms. The molecule has 0 N–H and O–H groups in total. The molecule has 1 atom stereocenters. The molecule has 4 heteroatoms. The van der Waals surface area contributed by atoms with Gasteiger partial charge in [0.15, 0.2) is 0 Å². The van der Waals surface area contributed by atoms with Crippen LogP contribution < -0.4 is 0 Å². The largest absolute Gasteiger partial charge is 0.343 e. The fraction of sp³-hybridized carbons (Fsp3) is 0.286. The molecule has 0 amide bonds. The van der Waals surface area contributed by atoms with Crippen LogP contribution >= 0.6 is 0 Å². The van der Waals surface area contributed by atoms with E-state index in [0.717, 1.165) is 11.1 Å². The van der Waals surface area contributed by atoms with Crippen LogP contribution in [0.1, 0.15) is 18.4 Å². The molecule has 2 aliphatic rings. The summed E-state index contributed by atoms with van der Waals surface area (Å²) in [4.78, 5) is 27.4. The third kappa shape index (κ3) is 2.70. The van der Waals surface area contributed by atoms with Crippen LogP contribution in [0.25, 0.3) is 16.3 Å². The number of hydrogen-bond acceptors (Lipinski definition) is 4. The number of nitrogens with zero attached hydrogens (tertiary/aromatic N) is 2. The lowest BCUT2D eigenvalue weighted by atomic mass is 9.92. The lowest BCUT2D eigenvalue weighted by molar-refractivity contribution is -0.121. The maximum absolute atomic E-state index is 11.6. The van der Waals surface area contributed by atoms with Gasteiger partial charge in [-0.25, -0.2) is 4.79 Å². The molecule has 0 radical (unpaired) electrons. The number of hydrogen-bond donors (Lipinski definition) is 0. The molecule has 0 saturated carbocycles. The molecular formula is C21H20N2O2. The van der Waals surface area contributed by atoms with Gasteiger partial charge < -0.3 is 4.90 Å². The molecule has 1 fully saturated rings. The molecule has 25 heavy (non-hydrogen) atoms. The molecule has 1 unspecified atom stereocenters. The summed E-state index contributed by atoms with van der Waals surface area (Å²) in [7, 11) is 1.89. The summed E-state index contributed by atoms with van der Waals surface area (Å²) < 4.78 is 0. The minimum Gasteiger partial charge on any atom is -0.343 e. The molecule has 4 rings (SSSR count). The Bertz CT molecular complexity index is 909. The van der Waals surface area contributed by atoms with Crippen LogP contribution in [0.5, 0.6) is 0 Å². The van der Waals surface area contributed by atoms with E-state index in [4.69, 9.17) is 0 Å². The zero-order valence-electron chi connectivity index (χ0n) is 14.2. The van der Waals surface area contributed by atoms with Crippen molar-refractivity contribution in [1.82, 2.24) is 9.80 Å². The minimum absolute atomic E-state index is 0.138. The molecule has 0 bridgehead atoms. The van der Waals surface area contributed by atoms with E-state index >= 15 is 0 Å². The standard InChI is InChI=1S/C21H20N2O2/c1-22-13-19(18-8-4-6-15-5-2-3-7-17(15)18)21(20(22)14-24)23-11-9-16(25)10-12-23/h2-8,13,21H,9-12H2,1H3. The third-order valence-corrected chi connectivity index (χ3v) is 5.19. The fourth-order valence-electron chi connectivity index (χ4n) is 3.91. The summed E-state index contributed by atoms with van der Waals surface area (Å²) in [5.41, 5.74) is 2.86. The van der Waals surface area contributed by atoms with E-state index < -0.39 is 0 Å². The predicted molar refractivity (Wildman–Crippen MR) is 98.5 cm³/mol. The average Bonchev–Trinajstić information content (AvgIpc) is 2.98. The molecule has 2 aromatic rings. The maximum atomic E-state index is 11.6. The van der Waals surface area contributed by atoms with Crippen molar-refractivity contribution in [3.05, 3.63) is 59.9 Å². The Morgan fingerprint density at radius 3 is 2.52 bits per heavy atom. The van der Waals surface area contributed by atoms with Gasteiger partial charge in [0.05, 0.1) is 6.04 Å². The third-order valence-electron chi connectivity index (χ3n) is 5.19. The van der Waals surface area contributed by atoms with Crippen LogP contribution in [0.4, 0.5) is 0 Å². The number of ketones is 1. The van der Waals surface area contributed by atoms with Crippen molar-refractivity contribution >= 4 is 28.1 Å². The Kier molecular flexibility index (Phi) is 4.00. The molecule has 1 saturated heterocycles. The van der Waals surface area contributed by atoms with Crippen molar-refractivity contribution in [2.24, 2.45) is 0 Å². The van der Waals surface area contributed by atoms with Crippen molar-refractivity contribution in [3.8, 4) is 0 Å². The Morgan fingerprint density at radius 1 is 1.04 bits per heavy atom. The van der Waals surface area contributed by atoms with E-state index in [1.807, 2.05) is 30.3 Å². The van der Waals surface area contributed by atoms with E-state index in [0.29, 0.717) is 37.4 Å². The molecular weight excluding hydrogens is 312 g/mol. The van der Waals surface area contributed by atoms with E-state index in [2.05, 4.69) is 41.2 Å². The van der Waals surface area contributed by atoms with Crippen LogP contribution in [-0.2, 0) is 9.59 Å². The first kappa shape index (κ1) is 15.8. The van der Waals surface area contributed by atoms with Gasteiger partial charge in [0.1, 0.15) is 17.4 Å². The smallest absolute Gasteiger partial charge is 0.148 e. The van der Waals surface area contributed by atoms with Crippen molar-refractivity contribution in [3.63, 3.8) is 0 Å². The Morgan fingerprint density at radius 2 is 1.76 bits per heavy atom. The molecule has 0 aliphatic carbocycles. The van der Waals surface area contributed by atoms with Crippen LogP contribution in [0.2, 0.25) is 0 Å². The highest BCUT2D eigenvalue weighted by Crippen LogP contribution is 2.38. The SMILES string of the molecule is CN1C=C(c2cccc3ccccc23)C(N2CCC(=O)CC2)C1=C=O. The quantitative estimate of drug-likeness (QED) is 0.793. The second kappa shape index (κ2) is 6.32. The number of fused-ring (bicyclic) bond motifs is 1. The van der Waals surface area contributed by atoms with E-state index in [1.165, 1.54) is 10.8 Å². The van der Waals surface area contributed by atoms with Crippen molar-refractivity contribution < 1.29 is 9.59 Å². The zero-order valence-corrected chi connectivity index (χ0v) is 14.2. The molecule has 2 aliphatic heterocycles. The number of carbonyl (C=O) groups is 1. The fourth-order valence-corrected chi connectivity index (χ4v) is 3.91. The number of carbonyl (C=O) groups excluding carboxylic acids is 2. The Labute approximate surface area is 147 Å². The molecule has 4 nitrogen and oxygen atoms in total. The Hall–Kier alpha value is -2.68. The van der Waals surface area contributed by atoms with Crippen molar-refractivity contribution in [2.45, 2.75) is 18.9 Å². The van der Waals surface area contributed by atoms with Gasteiger partial charge in [-0.15, -0.1) is 0 Å². The number of benzene rings is 2. The highest BCUT2D eigenvalue weighted by Gasteiger charge is 2.37. The Balaban J connectivity index is 1.82. The number of likely N-dealkylation sites (N-methyl/N-ethyl adjacent to an activating group) is 1. The number of piperidine rings is 1. The molecule has 2 heterocycles. The first-order valence-corrected chi connectivity index (χ1v) is 8.62. The lowest BCUT2D eigenvalue weighted by Gasteiger charge is -2.33. The summed E-state index contributed by atoms with van der Waals surface area (Å²) in [6.07, 6.45) is 3.13. The van der Waals surface area contributed by atoms with Gasteiger partial charge in [-0.05, 0) is 16.3 Å². The monoisotopic (exact) mass is 332 g/mol. The summed E-state index contributed by atoms with van der Waals surface area (Å²) in [5.74, 6) is 2.43. The summed E-state index contributed by atoms with van der Waals surface area (Å²) >= 11 is 0. The second-order valence-electron chi connectivity index (χ2n) is 6.69. The van der Waals surface area contributed by atoms with Crippen LogP contribution in [0.15, 0.2) is 54.4 Å². The normalized spacial score (nSPS) is 21.6. The predicted octanol–water partition coefficient (Wildman–Crippen LogP) is 2.88. The number of likely N-dealkylation sites (tertiary alicyclic amines) is 1. The van der Waals surface area contributed by atoms with Gasteiger partial charge >= 0.3 is 0 Å². The summed E-state index contributed by atoms with van der Waals surface area (Å²) in [5, 5.41) is 2.36. The van der Waals surface area contributed by atoms with Crippen LogP contribution in [0.3, 0.4) is 0 Å². The maximum Gasteiger partial charge on any atom is 0.148 e. The van der Waals surface area contributed by atoms with Crippen LogP contribution in [0, 0.1) is 0 Å². The van der Waals surface area contributed by atoms with E-state index in [1.54, 1.807) is 0 Å². The van der Waals surface area contributed by atoms with Gasteiger partial charge in [-0.3, -0.25) is 9.69 Å². The molecule has 126 valence electrons. The van der Waals surface area contributed by atoms with Gasteiger partial charge in [0.25, 0.3) is 0 Å². The van der Waals surface area contributed by atoms with Gasteiger partial charge in [-0.1, -0.05) is 42.5 Å². The first-order valence-electron chi connectivity index (χ1n) is 8.62. The molecule has 2 aromatic carbocycles. The van der Waals surface area contributed by atoms with E-state index in [9.17, 15) is 9.59 Å². The number of Topliss-reactive ketones (excluding diaryl/α,β-unsaturated/α-hetero) is 1. The van der Waals surface area contributed by atoms with Crippen molar-refractivity contribution in [1.29, 1.82) is 0 Å². The van der Waals surface area contributed by atoms with Gasteiger partial charge in [-0.2, -0.15) is 0 Å². The van der Waals surface area contributed by atoms with Crippen LogP contribution in [-0.4, -0.2) is 47.7 Å². The lowest BCUT2D eigenvalue weighted by Crippen LogP contribution is -2.43. The topological polar surface area (TPSA) is 40.6 Å². The highest BCUT2D eigenvalue weighted by molar-refractivity contribution is 5.96. The second-order valence-corrected chi connectivity index (χ2v) is 6.69. The van der Waals surface area contributed by atoms with E-state index in [-0.39, 0.29) is 6.04 Å². The molecule has 0 aromatic heterocycles. The van der Waals surface area contributed by atoms with Crippen molar-refractivity contribution in [2.75, 3.05) is 20.1 Å². The minimum atomic E-state index is -0.138. The highest BCUT2D eigenvalue weighted by atomic mass is 16.1. The van der Waals surface area contributed by atoms with Gasteiger partial charge in [0.2, 0.25) is 0 Å². The summed E-state index contributed by atoms with van der Waals surface area (Å²) in [6, 6.07) is 14.4. The summed E-state index contributed by atoms with van der Waals surface area (Å²) in [6.45, 7) is 1.37. The zero-order chi connectivity index (χ0) is 17.4. The van der Waals surface area contributed by atoms with Gasteiger partial charge in [0, 0.05) is 44.8 Å². The first-order chi connectivity index (χ1) is 12.2. The average molecular weight is 332 g/mol.